The molecule has 1 heterocycles. The molecule has 1 aliphatic carbocycles. The van der Waals surface area contributed by atoms with Crippen LogP contribution in [0.4, 0.5) is 5.69 Å². The molecule has 1 aromatic heterocycles. The Kier molecular flexibility index (Phi) is 5.01. The molecule has 0 saturated heterocycles. The van der Waals surface area contributed by atoms with Crippen molar-refractivity contribution in [2.24, 2.45) is 0 Å². The van der Waals surface area contributed by atoms with Gasteiger partial charge in [-0.3, -0.25) is 4.79 Å². The fraction of sp³-hybridized carbons (Fsp3) is 0.261. The van der Waals surface area contributed by atoms with Gasteiger partial charge >= 0.3 is 0 Å². The van der Waals surface area contributed by atoms with Crippen LogP contribution in [0, 0.1) is 6.57 Å². The Morgan fingerprint density at radius 2 is 1.72 bits per heavy atom. The molecular formula is C23H21N3O3. The fourth-order valence-corrected chi connectivity index (χ4v) is 3.66. The van der Waals surface area contributed by atoms with Gasteiger partial charge in [-0.2, -0.15) is 5.10 Å². The second kappa shape index (κ2) is 7.63. The zero-order valence-corrected chi connectivity index (χ0v) is 15.9. The molecule has 2 N–H and O–H groups in total. The van der Waals surface area contributed by atoms with Gasteiger partial charge in [-0.25, -0.2) is 9.53 Å². The minimum Gasteiger partial charge on any atom is -0.392 e. The molecule has 2 aromatic carbocycles. The second-order valence-electron chi connectivity index (χ2n) is 7.38. The van der Waals surface area contributed by atoms with Crippen molar-refractivity contribution in [1.29, 1.82) is 0 Å². The number of Topliss-reactive ketones (excluding diaryl/α,β-unsaturated/α-hetero) is 1. The van der Waals surface area contributed by atoms with Crippen LogP contribution in [0.15, 0.2) is 54.6 Å². The molecule has 29 heavy (non-hydrogen) atoms. The molecule has 4 rings (SSSR count). The van der Waals surface area contributed by atoms with Gasteiger partial charge in [0.1, 0.15) is 11.4 Å². The van der Waals surface area contributed by atoms with Gasteiger partial charge in [-0.05, 0) is 42.2 Å². The number of rotatable bonds is 4. The molecule has 0 atom stereocenters. The highest BCUT2D eigenvalue weighted by Gasteiger charge is 2.37. The molecule has 0 aliphatic heterocycles. The lowest BCUT2D eigenvalue weighted by Gasteiger charge is -2.29. The number of carbonyl (C=O) groups excluding carboxylic acids is 1. The van der Waals surface area contributed by atoms with E-state index in [9.17, 15) is 15.0 Å². The van der Waals surface area contributed by atoms with Gasteiger partial charge in [0.15, 0.2) is 5.69 Å². The van der Waals surface area contributed by atoms with E-state index in [1.807, 2.05) is 42.5 Å². The lowest BCUT2D eigenvalue weighted by Crippen LogP contribution is -2.32. The number of aliphatic hydroxyl groups is 2. The minimum atomic E-state index is -1.13. The van der Waals surface area contributed by atoms with Crippen LogP contribution in [0.2, 0.25) is 0 Å². The van der Waals surface area contributed by atoms with Crippen LogP contribution >= 0.6 is 0 Å². The average molecular weight is 387 g/mol. The SMILES string of the molecule is [C-]#[N+]c1ccc(-c2cc(C3(O)CCC(=O)CC3)nn2-c2ccc(CO)cc2)cc1. The van der Waals surface area contributed by atoms with Gasteiger partial charge in [-0.15, -0.1) is 0 Å². The van der Waals surface area contributed by atoms with Crippen molar-refractivity contribution >= 4 is 11.5 Å². The van der Waals surface area contributed by atoms with E-state index < -0.39 is 5.60 Å². The van der Waals surface area contributed by atoms with E-state index in [1.54, 1.807) is 16.8 Å². The summed E-state index contributed by atoms with van der Waals surface area (Å²) in [5.41, 5.74) is 3.23. The molecule has 0 spiro atoms. The third kappa shape index (κ3) is 3.70. The van der Waals surface area contributed by atoms with Crippen molar-refractivity contribution in [3.05, 3.63) is 77.3 Å². The highest BCUT2D eigenvalue weighted by atomic mass is 16.3. The summed E-state index contributed by atoms with van der Waals surface area (Å²) < 4.78 is 1.76. The van der Waals surface area contributed by atoms with E-state index in [-0.39, 0.29) is 12.4 Å². The number of hydrogen-bond acceptors (Lipinski definition) is 4. The fourth-order valence-electron chi connectivity index (χ4n) is 3.66. The van der Waals surface area contributed by atoms with Crippen LogP contribution in [-0.4, -0.2) is 25.8 Å². The minimum absolute atomic E-state index is 0.0383. The number of ketones is 1. The first-order chi connectivity index (χ1) is 14.0. The number of hydrogen-bond donors (Lipinski definition) is 2. The first kappa shape index (κ1) is 19.1. The van der Waals surface area contributed by atoms with Crippen molar-refractivity contribution in [3.63, 3.8) is 0 Å². The highest BCUT2D eigenvalue weighted by molar-refractivity contribution is 5.79. The zero-order chi connectivity index (χ0) is 20.4. The molecule has 1 fully saturated rings. The van der Waals surface area contributed by atoms with Crippen molar-refractivity contribution in [2.45, 2.75) is 37.9 Å². The summed E-state index contributed by atoms with van der Waals surface area (Å²) in [5.74, 6) is 0.170. The quantitative estimate of drug-likeness (QED) is 0.665. The molecule has 0 radical (unpaired) electrons. The summed E-state index contributed by atoms with van der Waals surface area (Å²) >= 11 is 0. The maximum Gasteiger partial charge on any atom is 0.187 e. The summed E-state index contributed by atoms with van der Waals surface area (Å²) in [6.45, 7) is 7.10. The Labute approximate surface area is 168 Å². The molecule has 0 unspecified atom stereocenters. The van der Waals surface area contributed by atoms with Crippen molar-refractivity contribution in [2.75, 3.05) is 0 Å². The molecule has 146 valence electrons. The number of nitrogens with zero attached hydrogens (tertiary/aromatic N) is 3. The summed E-state index contributed by atoms with van der Waals surface area (Å²) in [6, 6.07) is 16.5. The molecule has 1 aliphatic rings. The lowest BCUT2D eigenvalue weighted by atomic mass is 9.82. The third-order valence-corrected chi connectivity index (χ3v) is 5.48. The van der Waals surface area contributed by atoms with Gasteiger partial charge in [0.25, 0.3) is 0 Å². The van der Waals surface area contributed by atoms with E-state index in [2.05, 4.69) is 4.85 Å². The zero-order valence-electron chi connectivity index (χ0n) is 15.9. The molecule has 1 saturated carbocycles. The predicted molar refractivity (Wildman–Crippen MR) is 109 cm³/mol. The van der Waals surface area contributed by atoms with Crippen LogP contribution in [-0.2, 0) is 17.0 Å². The lowest BCUT2D eigenvalue weighted by molar-refractivity contribution is -0.125. The average Bonchev–Trinajstić information content (AvgIpc) is 3.22. The van der Waals surface area contributed by atoms with Crippen LogP contribution in [0.3, 0.4) is 0 Å². The Bertz CT molecular complexity index is 1070. The maximum absolute atomic E-state index is 11.6. The molecular weight excluding hydrogens is 366 g/mol. The second-order valence-corrected chi connectivity index (χ2v) is 7.38. The number of benzene rings is 2. The Balaban J connectivity index is 1.81. The highest BCUT2D eigenvalue weighted by Crippen LogP contribution is 2.37. The molecule has 6 heteroatoms. The monoisotopic (exact) mass is 387 g/mol. The first-order valence-corrected chi connectivity index (χ1v) is 9.55. The summed E-state index contributed by atoms with van der Waals surface area (Å²) in [5, 5.41) is 25.2. The number of aromatic nitrogens is 2. The maximum atomic E-state index is 11.6. The van der Waals surface area contributed by atoms with Crippen LogP contribution in [0.1, 0.15) is 36.9 Å². The van der Waals surface area contributed by atoms with Crippen LogP contribution in [0.25, 0.3) is 21.8 Å². The Hall–Kier alpha value is -3.27. The third-order valence-electron chi connectivity index (χ3n) is 5.48. The molecule has 0 bridgehead atoms. The van der Waals surface area contributed by atoms with Gasteiger partial charge in [-0.1, -0.05) is 36.4 Å². The van der Waals surface area contributed by atoms with Gasteiger partial charge in [0.2, 0.25) is 0 Å². The normalized spacial score (nSPS) is 15.8. The number of carbonyl (C=O) groups is 1. The Morgan fingerprint density at radius 1 is 1.07 bits per heavy atom. The van der Waals surface area contributed by atoms with E-state index in [0.29, 0.717) is 37.1 Å². The van der Waals surface area contributed by atoms with E-state index in [0.717, 1.165) is 22.5 Å². The van der Waals surface area contributed by atoms with Crippen molar-refractivity contribution in [3.8, 4) is 16.9 Å². The van der Waals surface area contributed by atoms with E-state index in [1.165, 1.54) is 0 Å². The van der Waals surface area contributed by atoms with Gasteiger partial charge in [0.05, 0.1) is 30.3 Å². The van der Waals surface area contributed by atoms with Gasteiger partial charge < -0.3 is 10.2 Å². The standard InChI is InChI=1S/C23H21N3O3/c1-24-18-6-4-17(5-7-18)21-14-22(23(29)12-10-20(28)11-13-23)25-26(21)19-8-2-16(15-27)3-9-19/h2-9,14,27,29H,10-13,15H2. The van der Waals surface area contributed by atoms with Crippen molar-refractivity contribution in [1.82, 2.24) is 9.78 Å². The van der Waals surface area contributed by atoms with Crippen molar-refractivity contribution < 1.29 is 15.0 Å². The molecule has 0 amide bonds. The van der Waals surface area contributed by atoms with E-state index >= 15 is 0 Å². The summed E-state index contributed by atoms with van der Waals surface area (Å²) in [4.78, 5) is 15.1. The molecule has 6 nitrogen and oxygen atoms in total. The number of aliphatic hydroxyl groups excluding tert-OH is 1. The predicted octanol–water partition coefficient (Wildman–Crippen LogP) is 3.91. The van der Waals surface area contributed by atoms with Crippen LogP contribution in [0.5, 0.6) is 0 Å². The van der Waals surface area contributed by atoms with E-state index in [4.69, 9.17) is 11.7 Å². The van der Waals surface area contributed by atoms with Gasteiger partial charge in [0, 0.05) is 12.8 Å². The Morgan fingerprint density at radius 3 is 2.31 bits per heavy atom. The summed E-state index contributed by atoms with van der Waals surface area (Å²) in [7, 11) is 0. The van der Waals surface area contributed by atoms with Crippen LogP contribution < -0.4 is 0 Å². The largest absolute Gasteiger partial charge is 0.392 e. The first-order valence-electron chi connectivity index (χ1n) is 9.55. The topological polar surface area (TPSA) is 79.7 Å². The smallest absolute Gasteiger partial charge is 0.187 e. The summed E-state index contributed by atoms with van der Waals surface area (Å²) in [6.07, 6.45) is 1.43. The molecule has 3 aromatic rings.